The van der Waals surface area contributed by atoms with Crippen LogP contribution < -0.4 is 14.8 Å². The number of aromatic nitrogens is 4. The molecule has 0 saturated heterocycles. The van der Waals surface area contributed by atoms with E-state index in [1.165, 1.54) is 6.20 Å². The van der Waals surface area contributed by atoms with Gasteiger partial charge in [-0.3, -0.25) is 14.5 Å². The summed E-state index contributed by atoms with van der Waals surface area (Å²) < 4.78 is 32.3. The van der Waals surface area contributed by atoms with Crippen molar-refractivity contribution in [2.24, 2.45) is 0 Å². The standard InChI is InChI=1S/C23H24N6O4S/c1-2-33-20-14-24-13-18(27-20)15-3-5-16(6-4-15)26-21(30)23(10-11-23)19-9-12-25-22(28-19)29-34(31,32)17-7-8-17/h3-6,9,12-14,17H,2,7-8,10-11H2,1H3,(H,26,30)(H,25,28,29). The molecule has 0 bridgehead atoms. The average Bonchev–Trinajstić information content (AvgIpc) is 3.73. The van der Waals surface area contributed by atoms with E-state index < -0.39 is 15.4 Å². The molecule has 2 heterocycles. The molecule has 2 aliphatic rings. The van der Waals surface area contributed by atoms with Crippen molar-refractivity contribution in [3.05, 3.63) is 54.6 Å². The number of benzene rings is 1. The van der Waals surface area contributed by atoms with Crippen LogP contribution in [0.4, 0.5) is 11.6 Å². The fourth-order valence-corrected chi connectivity index (χ4v) is 4.94. The molecule has 0 unspecified atom stereocenters. The van der Waals surface area contributed by atoms with E-state index in [2.05, 4.69) is 30.0 Å². The third-order valence-electron chi connectivity index (χ3n) is 5.87. The fraction of sp³-hybridized carbons (Fsp3) is 0.348. The van der Waals surface area contributed by atoms with Crippen LogP contribution in [0.25, 0.3) is 11.3 Å². The number of rotatable bonds is 9. The summed E-state index contributed by atoms with van der Waals surface area (Å²) in [5, 5.41) is 2.57. The van der Waals surface area contributed by atoms with Crippen molar-refractivity contribution in [1.29, 1.82) is 0 Å². The smallest absolute Gasteiger partial charge is 0.237 e. The van der Waals surface area contributed by atoms with E-state index in [1.807, 2.05) is 19.1 Å². The van der Waals surface area contributed by atoms with Crippen molar-refractivity contribution in [2.45, 2.75) is 43.3 Å². The zero-order valence-corrected chi connectivity index (χ0v) is 19.4. The normalized spacial score (nSPS) is 16.5. The quantitative estimate of drug-likeness (QED) is 0.477. The minimum atomic E-state index is -3.48. The van der Waals surface area contributed by atoms with Crippen LogP contribution in [0, 0.1) is 0 Å². The first kappa shape index (κ1) is 22.2. The maximum Gasteiger partial charge on any atom is 0.237 e. The van der Waals surface area contributed by atoms with Gasteiger partial charge in [0, 0.05) is 17.4 Å². The Morgan fingerprint density at radius 2 is 1.88 bits per heavy atom. The van der Waals surface area contributed by atoms with Gasteiger partial charge in [-0.2, -0.15) is 0 Å². The molecule has 0 radical (unpaired) electrons. The molecule has 2 aromatic heterocycles. The fourth-order valence-electron chi connectivity index (χ4n) is 3.67. The predicted molar refractivity (Wildman–Crippen MR) is 126 cm³/mol. The van der Waals surface area contributed by atoms with Crippen molar-refractivity contribution < 1.29 is 17.9 Å². The van der Waals surface area contributed by atoms with E-state index in [1.54, 1.807) is 30.6 Å². The van der Waals surface area contributed by atoms with Gasteiger partial charge in [0.05, 0.1) is 41.1 Å². The number of ether oxygens (including phenoxy) is 1. The van der Waals surface area contributed by atoms with Crippen LogP contribution in [0.1, 0.15) is 38.3 Å². The molecule has 5 rings (SSSR count). The Bertz CT molecular complexity index is 1320. The van der Waals surface area contributed by atoms with E-state index >= 15 is 0 Å². The summed E-state index contributed by atoms with van der Waals surface area (Å²) in [5.41, 5.74) is 1.87. The summed E-state index contributed by atoms with van der Waals surface area (Å²) >= 11 is 0. The summed E-state index contributed by atoms with van der Waals surface area (Å²) in [6.45, 7) is 2.39. The summed E-state index contributed by atoms with van der Waals surface area (Å²) in [5.74, 6) is 0.271. The second kappa shape index (κ2) is 8.64. The van der Waals surface area contributed by atoms with E-state index in [0.29, 0.717) is 55.2 Å². The van der Waals surface area contributed by atoms with E-state index in [4.69, 9.17) is 4.74 Å². The van der Waals surface area contributed by atoms with Gasteiger partial charge in [-0.1, -0.05) is 12.1 Å². The van der Waals surface area contributed by atoms with Crippen molar-refractivity contribution in [2.75, 3.05) is 16.6 Å². The highest BCUT2D eigenvalue weighted by Gasteiger charge is 2.53. The highest BCUT2D eigenvalue weighted by atomic mass is 32.2. The molecule has 1 amide bonds. The van der Waals surface area contributed by atoms with Crippen LogP contribution in [0.5, 0.6) is 5.88 Å². The van der Waals surface area contributed by atoms with E-state index in [9.17, 15) is 13.2 Å². The first-order chi connectivity index (χ1) is 16.4. The molecule has 2 saturated carbocycles. The zero-order valence-electron chi connectivity index (χ0n) is 18.6. The van der Waals surface area contributed by atoms with Gasteiger partial charge in [-0.05, 0) is 50.8 Å². The average molecular weight is 481 g/mol. The first-order valence-electron chi connectivity index (χ1n) is 11.1. The van der Waals surface area contributed by atoms with Crippen LogP contribution in [-0.4, -0.2) is 46.1 Å². The molecule has 11 heteroatoms. The summed E-state index contributed by atoms with van der Waals surface area (Å²) in [7, 11) is -3.48. The molecule has 34 heavy (non-hydrogen) atoms. The van der Waals surface area contributed by atoms with Crippen LogP contribution in [-0.2, 0) is 20.2 Å². The first-order valence-corrected chi connectivity index (χ1v) is 12.7. The van der Waals surface area contributed by atoms with Crippen molar-refractivity contribution in [1.82, 2.24) is 19.9 Å². The molecule has 1 aromatic carbocycles. The van der Waals surface area contributed by atoms with Crippen LogP contribution >= 0.6 is 0 Å². The van der Waals surface area contributed by atoms with Gasteiger partial charge in [0.15, 0.2) is 0 Å². The van der Waals surface area contributed by atoms with Crippen molar-refractivity contribution in [3.63, 3.8) is 0 Å². The Kier molecular flexibility index (Phi) is 5.64. The number of carbonyl (C=O) groups excluding carboxylic acids is 1. The van der Waals surface area contributed by atoms with Gasteiger partial charge in [-0.15, -0.1) is 0 Å². The molecule has 0 atom stereocenters. The Balaban J connectivity index is 1.29. The molecule has 10 nitrogen and oxygen atoms in total. The van der Waals surface area contributed by atoms with Gasteiger partial charge in [0.2, 0.25) is 27.8 Å². The van der Waals surface area contributed by atoms with Crippen LogP contribution in [0.2, 0.25) is 0 Å². The maximum absolute atomic E-state index is 13.1. The lowest BCUT2D eigenvalue weighted by molar-refractivity contribution is -0.118. The van der Waals surface area contributed by atoms with Crippen molar-refractivity contribution >= 4 is 27.6 Å². The number of hydrogen-bond donors (Lipinski definition) is 2. The lowest BCUT2D eigenvalue weighted by atomic mass is 10.0. The lowest BCUT2D eigenvalue weighted by Gasteiger charge is -2.16. The van der Waals surface area contributed by atoms with Gasteiger partial charge in [0.1, 0.15) is 0 Å². The number of hydrogen-bond acceptors (Lipinski definition) is 8. The number of anilines is 2. The molecule has 0 aliphatic heterocycles. The van der Waals surface area contributed by atoms with Crippen LogP contribution in [0.3, 0.4) is 0 Å². The minimum absolute atomic E-state index is 0.00298. The second-order valence-electron chi connectivity index (χ2n) is 8.40. The number of amides is 1. The van der Waals surface area contributed by atoms with Gasteiger partial charge < -0.3 is 10.1 Å². The third-order valence-corrected chi connectivity index (χ3v) is 7.69. The molecular weight excluding hydrogens is 456 g/mol. The number of nitrogens with zero attached hydrogens (tertiary/aromatic N) is 4. The van der Waals surface area contributed by atoms with E-state index in [-0.39, 0.29) is 17.1 Å². The third kappa shape index (κ3) is 4.56. The molecule has 2 fully saturated rings. The maximum atomic E-state index is 13.1. The van der Waals surface area contributed by atoms with Gasteiger partial charge in [-0.25, -0.2) is 23.4 Å². The molecular formula is C23H24N6O4S. The molecule has 0 spiro atoms. The summed E-state index contributed by atoms with van der Waals surface area (Å²) in [6.07, 6.45) is 7.23. The number of sulfonamides is 1. The van der Waals surface area contributed by atoms with Gasteiger partial charge in [0.25, 0.3) is 0 Å². The Morgan fingerprint density at radius 1 is 1.12 bits per heavy atom. The largest absolute Gasteiger partial charge is 0.477 e. The molecule has 2 aliphatic carbocycles. The Hall–Kier alpha value is -3.60. The predicted octanol–water partition coefficient (Wildman–Crippen LogP) is 2.91. The number of nitrogens with one attached hydrogen (secondary N) is 2. The Labute approximate surface area is 197 Å². The topological polar surface area (TPSA) is 136 Å². The molecule has 3 aromatic rings. The summed E-state index contributed by atoms with van der Waals surface area (Å²) in [4.78, 5) is 30.1. The van der Waals surface area contributed by atoms with Gasteiger partial charge >= 0.3 is 0 Å². The SMILES string of the molecule is CCOc1cncc(-c2ccc(NC(=O)C3(c4ccnc(NS(=O)(=O)C5CC5)n4)CC3)cc2)n1. The lowest BCUT2D eigenvalue weighted by Crippen LogP contribution is -2.29. The van der Waals surface area contributed by atoms with E-state index in [0.717, 1.165) is 5.56 Å². The molecule has 2 N–H and O–H groups in total. The number of carbonyl (C=O) groups is 1. The second-order valence-corrected chi connectivity index (χ2v) is 10.4. The monoisotopic (exact) mass is 480 g/mol. The van der Waals surface area contributed by atoms with Crippen LogP contribution in [0.15, 0.2) is 48.9 Å². The zero-order chi connectivity index (χ0) is 23.8. The molecule has 176 valence electrons. The highest BCUT2D eigenvalue weighted by molar-refractivity contribution is 7.93. The Morgan fingerprint density at radius 3 is 2.56 bits per heavy atom. The minimum Gasteiger partial charge on any atom is -0.477 e. The van der Waals surface area contributed by atoms with Crippen molar-refractivity contribution in [3.8, 4) is 17.1 Å². The highest BCUT2D eigenvalue weighted by Crippen LogP contribution is 2.48. The summed E-state index contributed by atoms with van der Waals surface area (Å²) in [6, 6.07) is 8.96.